The number of para-hydroxylation sites is 2. The standard InChI is InChI=1S/C25H27N3O3/c1-17(2)21-11-5-7-13-23(21)31-18(3)24(29)27-16-19-9-4-6-12-22(19)28-25(30)20-10-8-14-26-15-20/h4-15,17-18H,16H2,1-3H3,(H,27,29)(H,28,30). The molecule has 1 aromatic heterocycles. The first-order chi connectivity index (χ1) is 15.0. The molecule has 0 saturated carbocycles. The number of pyridine rings is 1. The smallest absolute Gasteiger partial charge is 0.261 e. The van der Waals surface area contributed by atoms with Gasteiger partial charge in [0.05, 0.1) is 5.56 Å². The molecule has 0 bridgehead atoms. The number of carbonyl (C=O) groups is 2. The first-order valence-electron chi connectivity index (χ1n) is 10.3. The number of ether oxygens (including phenoxy) is 1. The lowest BCUT2D eigenvalue weighted by molar-refractivity contribution is -0.127. The van der Waals surface area contributed by atoms with Crippen LogP contribution in [0.1, 0.15) is 48.2 Å². The van der Waals surface area contributed by atoms with E-state index in [-0.39, 0.29) is 18.4 Å². The Kier molecular flexibility index (Phi) is 7.38. The Morgan fingerprint density at radius 3 is 2.45 bits per heavy atom. The summed E-state index contributed by atoms with van der Waals surface area (Å²) in [6, 6.07) is 18.5. The number of anilines is 1. The van der Waals surface area contributed by atoms with E-state index >= 15 is 0 Å². The Morgan fingerprint density at radius 1 is 0.968 bits per heavy atom. The fraction of sp³-hybridized carbons (Fsp3) is 0.240. The van der Waals surface area contributed by atoms with Crippen LogP contribution in [0.5, 0.6) is 5.75 Å². The minimum absolute atomic E-state index is 0.230. The van der Waals surface area contributed by atoms with E-state index in [0.29, 0.717) is 22.9 Å². The predicted molar refractivity (Wildman–Crippen MR) is 121 cm³/mol. The van der Waals surface area contributed by atoms with Crippen molar-refractivity contribution in [2.45, 2.75) is 39.3 Å². The molecule has 0 saturated heterocycles. The Morgan fingerprint density at radius 2 is 1.71 bits per heavy atom. The summed E-state index contributed by atoms with van der Waals surface area (Å²) in [6.45, 7) is 6.16. The molecule has 0 fully saturated rings. The number of nitrogens with zero attached hydrogens (tertiary/aromatic N) is 1. The molecular weight excluding hydrogens is 390 g/mol. The maximum atomic E-state index is 12.6. The summed E-state index contributed by atoms with van der Waals surface area (Å²) >= 11 is 0. The van der Waals surface area contributed by atoms with E-state index in [2.05, 4.69) is 29.5 Å². The van der Waals surface area contributed by atoms with Crippen LogP contribution < -0.4 is 15.4 Å². The molecule has 3 rings (SSSR count). The van der Waals surface area contributed by atoms with Gasteiger partial charge in [0, 0.05) is 24.6 Å². The number of aromatic nitrogens is 1. The van der Waals surface area contributed by atoms with Crippen molar-refractivity contribution >= 4 is 17.5 Å². The zero-order chi connectivity index (χ0) is 22.2. The normalized spacial score (nSPS) is 11.6. The quantitative estimate of drug-likeness (QED) is 0.564. The van der Waals surface area contributed by atoms with Crippen molar-refractivity contribution in [1.82, 2.24) is 10.3 Å². The SMILES string of the molecule is CC(Oc1ccccc1C(C)C)C(=O)NCc1ccccc1NC(=O)c1cccnc1. The maximum Gasteiger partial charge on any atom is 0.261 e. The Bertz CT molecular complexity index is 1030. The molecular formula is C25H27N3O3. The third kappa shape index (κ3) is 5.92. The predicted octanol–water partition coefficient (Wildman–Crippen LogP) is 4.54. The molecule has 0 spiro atoms. The van der Waals surface area contributed by atoms with Gasteiger partial charge in [0.1, 0.15) is 5.75 Å². The summed E-state index contributed by atoms with van der Waals surface area (Å²) in [5.74, 6) is 0.520. The van der Waals surface area contributed by atoms with E-state index in [9.17, 15) is 9.59 Å². The number of rotatable bonds is 8. The first kappa shape index (κ1) is 22.0. The lowest BCUT2D eigenvalue weighted by Crippen LogP contribution is -2.36. The highest BCUT2D eigenvalue weighted by atomic mass is 16.5. The van der Waals surface area contributed by atoms with Crippen molar-refractivity contribution in [3.05, 3.63) is 89.7 Å². The number of hydrogen-bond acceptors (Lipinski definition) is 4. The summed E-state index contributed by atoms with van der Waals surface area (Å²) < 4.78 is 5.92. The zero-order valence-electron chi connectivity index (χ0n) is 18.0. The van der Waals surface area contributed by atoms with Gasteiger partial charge in [0.25, 0.3) is 11.8 Å². The first-order valence-corrected chi connectivity index (χ1v) is 10.3. The van der Waals surface area contributed by atoms with Crippen molar-refractivity contribution in [3.8, 4) is 5.75 Å². The van der Waals surface area contributed by atoms with E-state index < -0.39 is 6.10 Å². The number of carbonyl (C=O) groups excluding carboxylic acids is 2. The molecule has 1 unspecified atom stereocenters. The average Bonchev–Trinajstić information content (AvgIpc) is 2.79. The van der Waals surface area contributed by atoms with E-state index in [1.54, 1.807) is 31.3 Å². The largest absolute Gasteiger partial charge is 0.481 e. The van der Waals surface area contributed by atoms with Crippen LogP contribution in [0.3, 0.4) is 0 Å². The number of amides is 2. The summed E-state index contributed by atoms with van der Waals surface area (Å²) in [5.41, 5.74) is 2.95. The molecule has 2 aromatic carbocycles. The van der Waals surface area contributed by atoms with Gasteiger partial charge in [-0.2, -0.15) is 0 Å². The fourth-order valence-electron chi connectivity index (χ4n) is 3.12. The molecule has 6 heteroatoms. The molecule has 2 amide bonds. The third-order valence-electron chi connectivity index (χ3n) is 4.86. The second kappa shape index (κ2) is 10.4. The van der Waals surface area contributed by atoms with E-state index in [4.69, 9.17) is 4.74 Å². The highest BCUT2D eigenvalue weighted by Crippen LogP contribution is 2.26. The highest BCUT2D eigenvalue weighted by Gasteiger charge is 2.18. The maximum absolute atomic E-state index is 12.6. The third-order valence-corrected chi connectivity index (χ3v) is 4.86. The van der Waals surface area contributed by atoms with Crippen LogP contribution in [0.2, 0.25) is 0 Å². The molecule has 31 heavy (non-hydrogen) atoms. The number of hydrogen-bond donors (Lipinski definition) is 2. The van der Waals surface area contributed by atoms with Crippen molar-refractivity contribution in [2.24, 2.45) is 0 Å². The van der Waals surface area contributed by atoms with Gasteiger partial charge in [0.2, 0.25) is 0 Å². The van der Waals surface area contributed by atoms with Crippen LogP contribution in [0, 0.1) is 0 Å². The molecule has 0 radical (unpaired) electrons. The average molecular weight is 418 g/mol. The molecule has 6 nitrogen and oxygen atoms in total. The molecule has 0 aliphatic carbocycles. The zero-order valence-corrected chi connectivity index (χ0v) is 18.0. The molecule has 0 aliphatic rings. The van der Waals surface area contributed by atoms with Crippen LogP contribution in [-0.2, 0) is 11.3 Å². The van der Waals surface area contributed by atoms with Gasteiger partial charge in [-0.25, -0.2) is 0 Å². The molecule has 1 heterocycles. The molecule has 0 aliphatic heterocycles. The second-order valence-electron chi connectivity index (χ2n) is 7.52. The highest BCUT2D eigenvalue weighted by molar-refractivity contribution is 6.04. The lowest BCUT2D eigenvalue weighted by atomic mass is 10.0. The van der Waals surface area contributed by atoms with Crippen LogP contribution in [0.15, 0.2) is 73.1 Å². The van der Waals surface area contributed by atoms with E-state index in [0.717, 1.165) is 11.1 Å². The van der Waals surface area contributed by atoms with E-state index in [1.165, 1.54) is 6.20 Å². The van der Waals surface area contributed by atoms with Gasteiger partial charge in [-0.05, 0) is 48.2 Å². The Hall–Kier alpha value is -3.67. The van der Waals surface area contributed by atoms with Crippen LogP contribution in [0.4, 0.5) is 5.69 Å². The number of nitrogens with one attached hydrogen (secondary N) is 2. The lowest BCUT2D eigenvalue weighted by Gasteiger charge is -2.19. The van der Waals surface area contributed by atoms with Crippen LogP contribution in [-0.4, -0.2) is 22.9 Å². The van der Waals surface area contributed by atoms with Crippen molar-refractivity contribution in [2.75, 3.05) is 5.32 Å². The summed E-state index contributed by atoms with van der Waals surface area (Å²) in [5, 5.41) is 5.77. The van der Waals surface area contributed by atoms with E-state index in [1.807, 2.05) is 42.5 Å². The molecule has 3 aromatic rings. The van der Waals surface area contributed by atoms with Gasteiger partial charge >= 0.3 is 0 Å². The molecule has 160 valence electrons. The minimum Gasteiger partial charge on any atom is -0.481 e. The van der Waals surface area contributed by atoms with Crippen molar-refractivity contribution in [1.29, 1.82) is 0 Å². The monoisotopic (exact) mass is 417 g/mol. The fourth-order valence-corrected chi connectivity index (χ4v) is 3.12. The number of benzene rings is 2. The van der Waals surface area contributed by atoms with Gasteiger partial charge in [-0.15, -0.1) is 0 Å². The van der Waals surface area contributed by atoms with Crippen LogP contribution >= 0.6 is 0 Å². The minimum atomic E-state index is -0.656. The molecule has 2 N–H and O–H groups in total. The summed E-state index contributed by atoms with van der Waals surface area (Å²) in [4.78, 5) is 29.0. The molecule has 1 atom stereocenters. The Labute approximate surface area is 182 Å². The Balaban J connectivity index is 1.62. The second-order valence-corrected chi connectivity index (χ2v) is 7.52. The summed E-state index contributed by atoms with van der Waals surface area (Å²) in [7, 11) is 0. The van der Waals surface area contributed by atoms with Gasteiger partial charge in [-0.3, -0.25) is 14.6 Å². The van der Waals surface area contributed by atoms with Gasteiger partial charge in [-0.1, -0.05) is 50.2 Å². The van der Waals surface area contributed by atoms with Crippen molar-refractivity contribution in [3.63, 3.8) is 0 Å². The topological polar surface area (TPSA) is 80.3 Å². The van der Waals surface area contributed by atoms with Gasteiger partial charge < -0.3 is 15.4 Å². The van der Waals surface area contributed by atoms with Crippen LogP contribution in [0.25, 0.3) is 0 Å². The summed E-state index contributed by atoms with van der Waals surface area (Å²) in [6.07, 6.45) is 2.47. The van der Waals surface area contributed by atoms with Gasteiger partial charge in [0.15, 0.2) is 6.10 Å². The van der Waals surface area contributed by atoms with Crippen molar-refractivity contribution < 1.29 is 14.3 Å².